The zero-order valence-electron chi connectivity index (χ0n) is 9.14. The maximum absolute atomic E-state index is 8.94. The van der Waals surface area contributed by atoms with Crippen LogP contribution in [0.4, 0.5) is 0 Å². The lowest BCUT2D eigenvalue weighted by Gasteiger charge is -2.06. The summed E-state index contributed by atoms with van der Waals surface area (Å²) in [7, 11) is 1.57. The van der Waals surface area contributed by atoms with Crippen LogP contribution in [0.2, 0.25) is 5.15 Å². The molecule has 0 saturated carbocycles. The van der Waals surface area contributed by atoms with Crippen molar-refractivity contribution in [3.63, 3.8) is 0 Å². The first-order valence-corrected chi connectivity index (χ1v) is 5.32. The van der Waals surface area contributed by atoms with Crippen LogP contribution in [-0.2, 0) is 0 Å². The molecular weight excluding hydrogens is 236 g/mol. The van der Waals surface area contributed by atoms with E-state index in [1.54, 1.807) is 31.5 Å². The van der Waals surface area contributed by atoms with Crippen LogP contribution < -0.4 is 4.74 Å². The van der Waals surface area contributed by atoms with Gasteiger partial charge in [0.15, 0.2) is 0 Å². The molecule has 0 unspecified atom stereocenters. The van der Waals surface area contributed by atoms with Crippen LogP contribution in [0.15, 0.2) is 36.5 Å². The number of rotatable bonds is 2. The van der Waals surface area contributed by atoms with Crippen LogP contribution in [0.5, 0.6) is 5.75 Å². The molecule has 0 spiro atoms. The Labute approximate surface area is 104 Å². The van der Waals surface area contributed by atoms with Crippen LogP contribution in [-0.4, -0.2) is 12.1 Å². The minimum atomic E-state index is 0.420. The molecule has 0 N–H and O–H groups in total. The Kier molecular flexibility index (Phi) is 3.27. The maximum Gasteiger partial charge on any atom is 0.129 e. The van der Waals surface area contributed by atoms with E-state index < -0.39 is 0 Å². The number of hydrogen-bond donors (Lipinski definition) is 0. The van der Waals surface area contributed by atoms with Crippen molar-refractivity contribution in [1.82, 2.24) is 4.98 Å². The Bertz CT molecular complexity index is 590. The van der Waals surface area contributed by atoms with Gasteiger partial charge in [0.25, 0.3) is 0 Å². The molecule has 0 aliphatic rings. The predicted molar refractivity (Wildman–Crippen MR) is 66.0 cm³/mol. The van der Waals surface area contributed by atoms with Gasteiger partial charge in [0.2, 0.25) is 0 Å². The fourth-order valence-electron chi connectivity index (χ4n) is 1.53. The number of aromatic nitrogens is 1. The second-order valence-corrected chi connectivity index (χ2v) is 3.82. The SMILES string of the molecule is COc1cc(C#N)cc(-c2ccnc(Cl)c2)c1. The number of ether oxygens (including phenoxy) is 1. The molecule has 3 nitrogen and oxygen atoms in total. The van der Waals surface area contributed by atoms with Crippen molar-refractivity contribution < 1.29 is 4.74 Å². The molecule has 2 rings (SSSR count). The lowest BCUT2D eigenvalue weighted by atomic mass is 10.0. The van der Waals surface area contributed by atoms with E-state index in [1.165, 1.54) is 0 Å². The average Bonchev–Trinajstić information content (AvgIpc) is 2.38. The third-order valence-electron chi connectivity index (χ3n) is 2.33. The standard InChI is InChI=1S/C13H9ClN2O/c1-17-12-5-9(8-15)4-11(6-12)10-2-3-16-13(14)7-10/h2-7H,1H3. The maximum atomic E-state index is 8.94. The highest BCUT2D eigenvalue weighted by Gasteiger charge is 2.04. The quantitative estimate of drug-likeness (QED) is 0.762. The third kappa shape index (κ3) is 2.55. The zero-order chi connectivity index (χ0) is 12.3. The fraction of sp³-hybridized carbons (Fsp3) is 0.0769. The van der Waals surface area contributed by atoms with Crippen molar-refractivity contribution in [2.75, 3.05) is 7.11 Å². The van der Waals surface area contributed by atoms with Crippen molar-refractivity contribution >= 4 is 11.6 Å². The van der Waals surface area contributed by atoms with Gasteiger partial charge in [-0.25, -0.2) is 4.98 Å². The molecule has 0 atom stereocenters. The van der Waals surface area contributed by atoms with Gasteiger partial charge in [-0.2, -0.15) is 5.26 Å². The van der Waals surface area contributed by atoms with Crippen molar-refractivity contribution in [2.24, 2.45) is 0 Å². The van der Waals surface area contributed by atoms with Crippen molar-refractivity contribution in [1.29, 1.82) is 5.26 Å². The van der Waals surface area contributed by atoms with E-state index in [4.69, 9.17) is 21.6 Å². The van der Waals surface area contributed by atoms with Gasteiger partial charge in [0.05, 0.1) is 18.7 Å². The Morgan fingerprint density at radius 2 is 2.06 bits per heavy atom. The Morgan fingerprint density at radius 3 is 2.71 bits per heavy atom. The number of benzene rings is 1. The lowest BCUT2D eigenvalue weighted by Crippen LogP contribution is -1.87. The number of nitrogens with zero attached hydrogens (tertiary/aromatic N) is 2. The van der Waals surface area contributed by atoms with E-state index in [9.17, 15) is 0 Å². The lowest BCUT2D eigenvalue weighted by molar-refractivity contribution is 0.415. The number of nitriles is 1. The molecule has 0 saturated heterocycles. The van der Waals surface area contributed by atoms with Gasteiger partial charge in [-0.15, -0.1) is 0 Å². The van der Waals surface area contributed by atoms with Gasteiger partial charge in [0, 0.05) is 6.20 Å². The zero-order valence-corrected chi connectivity index (χ0v) is 9.90. The molecular formula is C13H9ClN2O. The molecule has 1 aromatic carbocycles. The smallest absolute Gasteiger partial charge is 0.129 e. The van der Waals surface area contributed by atoms with Crippen LogP contribution in [0.3, 0.4) is 0 Å². The normalized spacial score (nSPS) is 9.71. The minimum Gasteiger partial charge on any atom is -0.497 e. The van der Waals surface area contributed by atoms with Crippen molar-refractivity contribution in [3.8, 4) is 22.9 Å². The van der Waals surface area contributed by atoms with Crippen LogP contribution in [0.25, 0.3) is 11.1 Å². The Balaban J connectivity index is 2.55. The molecule has 17 heavy (non-hydrogen) atoms. The Morgan fingerprint density at radius 1 is 1.24 bits per heavy atom. The van der Waals surface area contributed by atoms with E-state index in [-0.39, 0.29) is 0 Å². The number of halogens is 1. The second-order valence-electron chi connectivity index (χ2n) is 3.43. The largest absolute Gasteiger partial charge is 0.497 e. The highest BCUT2D eigenvalue weighted by Crippen LogP contribution is 2.26. The van der Waals surface area contributed by atoms with E-state index in [0.29, 0.717) is 16.5 Å². The van der Waals surface area contributed by atoms with Gasteiger partial charge >= 0.3 is 0 Å². The van der Waals surface area contributed by atoms with Gasteiger partial charge in [-0.1, -0.05) is 11.6 Å². The van der Waals surface area contributed by atoms with E-state index in [2.05, 4.69) is 11.1 Å². The summed E-state index contributed by atoms with van der Waals surface area (Å²) in [4.78, 5) is 3.92. The highest BCUT2D eigenvalue weighted by atomic mass is 35.5. The topological polar surface area (TPSA) is 45.9 Å². The molecule has 4 heteroatoms. The van der Waals surface area contributed by atoms with Gasteiger partial charge in [-0.05, 0) is 41.5 Å². The number of methoxy groups -OCH3 is 1. The van der Waals surface area contributed by atoms with E-state index in [0.717, 1.165) is 11.1 Å². The molecule has 0 amide bonds. The number of hydrogen-bond acceptors (Lipinski definition) is 3. The van der Waals surface area contributed by atoms with E-state index in [1.807, 2.05) is 12.1 Å². The molecule has 0 radical (unpaired) electrons. The van der Waals surface area contributed by atoms with Crippen LogP contribution in [0, 0.1) is 11.3 Å². The summed E-state index contributed by atoms with van der Waals surface area (Å²) in [6.45, 7) is 0. The van der Waals surface area contributed by atoms with Crippen LogP contribution >= 0.6 is 11.6 Å². The molecule has 2 aromatic rings. The first kappa shape index (κ1) is 11.4. The minimum absolute atomic E-state index is 0.420. The van der Waals surface area contributed by atoms with Crippen molar-refractivity contribution in [3.05, 3.63) is 47.2 Å². The number of pyridine rings is 1. The molecule has 0 fully saturated rings. The highest BCUT2D eigenvalue weighted by molar-refractivity contribution is 6.29. The average molecular weight is 245 g/mol. The predicted octanol–water partition coefficient (Wildman–Crippen LogP) is 3.28. The summed E-state index contributed by atoms with van der Waals surface area (Å²) in [5.41, 5.74) is 2.33. The Hall–Kier alpha value is -2.05. The molecule has 0 aliphatic heterocycles. The van der Waals surface area contributed by atoms with Crippen molar-refractivity contribution in [2.45, 2.75) is 0 Å². The first-order chi connectivity index (χ1) is 8.22. The van der Waals surface area contributed by atoms with Gasteiger partial charge in [0.1, 0.15) is 10.9 Å². The summed E-state index contributed by atoms with van der Waals surface area (Å²) < 4.78 is 5.15. The van der Waals surface area contributed by atoms with E-state index >= 15 is 0 Å². The van der Waals surface area contributed by atoms with Crippen LogP contribution in [0.1, 0.15) is 5.56 Å². The molecule has 1 heterocycles. The molecule has 0 bridgehead atoms. The summed E-state index contributed by atoms with van der Waals surface area (Å²) >= 11 is 5.83. The third-order valence-corrected chi connectivity index (χ3v) is 2.54. The molecule has 0 aliphatic carbocycles. The van der Waals surface area contributed by atoms with Gasteiger partial charge in [-0.3, -0.25) is 0 Å². The van der Waals surface area contributed by atoms with Gasteiger partial charge < -0.3 is 4.74 Å². The fourth-order valence-corrected chi connectivity index (χ4v) is 1.70. The second kappa shape index (κ2) is 4.86. The summed E-state index contributed by atoms with van der Waals surface area (Å²) in [6, 6.07) is 11.0. The summed E-state index contributed by atoms with van der Waals surface area (Å²) in [6.07, 6.45) is 1.63. The summed E-state index contributed by atoms with van der Waals surface area (Å²) in [5.74, 6) is 0.645. The molecule has 1 aromatic heterocycles. The monoisotopic (exact) mass is 244 g/mol. The first-order valence-electron chi connectivity index (χ1n) is 4.94. The summed E-state index contributed by atoms with van der Waals surface area (Å²) in [5, 5.41) is 9.36. The molecule has 84 valence electrons.